The molecule has 0 bridgehead atoms. The number of hydrogen-bond donors (Lipinski definition) is 3. The van der Waals surface area contributed by atoms with Crippen molar-refractivity contribution in [3.63, 3.8) is 0 Å². The Hall–Kier alpha value is -1.83. The Morgan fingerprint density at radius 3 is 2.20 bits per heavy atom. The largest absolute Gasteiger partial charge is 0.481 e. The van der Waals surface area contributed by atoms with E-state index in [1.54, 1.807) is 20.8 Å². The van der Waals surface area contributed by atoms with E-state index in [0.29, 0.717) is 0 Å². The molecular formula is C12H20N2O6. The summed E-state index contributed by atoms with van der Waals surface area (Å²) in [6.07, 6.45) is -2.55. The number of piperidine rings is 1. The van der Waals surface area contributed by atoms with Gasteiger partial charge in [0.25, 0.3) is 0 Å². The zero-order chi connectivity index (χ0) is 15.7. The molecule has 1 heterocycles. The van der Waals surface area contributed by atoms with Crippen molar-refractivity contribution in [1.29, 1.82) is 0 Å². The zero-order valence-electron chi connectivity index (χ0n) is 11.7. The minimum absolute atomic E-state index is 0.0325. The minimum atomic E-state index is -1.35. The number of nitrogens with zero attached hydrogens (tertiary/aromatic N) is 1. The number of aliphatic carboxylic acids is 1. The van der Waals surface area contributed by atoms with Crippen LogP contribution in [-0.4, -0.2) is 51.5 Å². The predicted octanol–water partition coefficient (Wildman–Crippen LogP) is 0.314. The first kappa shape index (κ1) is 16.2. The van der Waals surface area contributed by atoms with E-state index in [0.717, 1.165) is 4.90 Å². The topological polar surface area (TPSA) is 130 Å². The van der Waals surface area contributed by atoms with Crippen LogP contribution in [-0.2, 0) is 14.3 Å². The Morgan fingerprint density at radius 2 is 1.80 bits per heavy atom. The second kappa shape index (κ2) is 5.66. The van der Waals surface area contributed by atoms with Gasteiger partial charge in [0, 0.05) is 6.54 Å². The molecule has 8 nitrogen and oxygen atoms in total. The molecule has 1 saturated heterocycles. The van der Waals surface area contributed by atoms with Gasteiger partial charge in [0.15, 0.2) is 0 Å². The number of carboxylic acid groups (broad SMARTS) is 2. The van der Waals surface area contributed by atoms with E-state index in [1.807, 2.05) is 0 Å². The Bertz CT molecular complexity index is 393. The molecule has 0 radical (unpaired) electrons. The Balaban J connectivity index is 2.90. The highest BCUT2D eigenvalue weighted by atomic mass is 16.6. The first-order chi connectivity index (χ1) is 9.03. The maximum Gasteiger partial charge on any atom is 0.408 e. The molecule has 1 fully saturated rings. The zero-order valence-corrected chi connectivity index (χ0v) is 11.7. The standard InChI is InChI=1S/C12H20N2O6/c1-12(2,3)20-10(17)6-4-7(9(15)16)8(13)14(5-6)11(18)19/h6-8H,4-5,13H2,1-3H3,(H,15,16)(H,18,19)/t6-,7+,8?/m1/s1. The van der Waals surface area contributed by atoms with Crippen LogP contribution in [0.15, 0.2) is 0 Å². The van der Waals surface area contributed by atoms with Gasteiger partial charge in [0.05, 0.1) is 18.0 Å². The number of ether oxygens (including phenoxy) is 1. The smallest absolute Gasteiger partial charge is 0.408 e. The van der Waals surface area contributed by atoms with Crippen molar-refractivity contribution in [2.45, 2.75) is 39.0 Å². The molecule has 1 rings (SSSR count). The maximum atomic E-state index is 12.0. The van der Waals surface area contributed by atoms with Crippen LogP contribution in [0.4, 0.5) is 4.79 Å². The van der Waals surface area contributed by atoms with Crippen LogP contribution in [0.3, 0.4) is 0 Å². The van der Waals surface area contributed by atoms with Gasteiger partial charge in [-0.05, 0) is 27.2 Å². The van der Waals surface area contributed by atoms with Crippen LogP contribution in [0.5, 0.6) is 0 Å². The van der Waals surface area contributed by atoms with Crippen molar-refractivity contribution < 1.29 is 29.3 Å². The lowest BCUT2D eigenvalue weighted by Gasteiger charge is -2.39. The van der Waals surface area contributed by atoms with Crippen molar-refractivity contribution in [3.05, 3.63) is 0 Å². The van der Waals surface area contributed by atoms with Crippen LogP contribution in [0.25, 0.3) is 0 Å². The van der Waals surface area contributed by atoms with E-state index in [9.17, 15) is 14.4 Å². The molecule has 0 aromatic carbocycles. The number of likely N-dealkylation sites (tertiary alicyclic amines) is 1. The molecule has 3 atom stereocenters. The monoisotopic (exact) mass is 288 g/mol. The third-order valence-electron chi connectivity index (χ3n) is 3.03. The van der Waals surface area contributed by atoms with Gasteiger partial charge in [-0.25, -0.2) is 4.79 Å². The lowest BCUT2D eigenvalue weighted by Crippen LogP contribution is -2.59. The van der Waals surface area contributed by atoms with E-state index < -0.39 is 41.6 Å². The normalized spacial score (nSPS) is 27.0. The molecule has 1 amide bonds. The van der Waals surface area contributed by atoms with Gasteiger partial charge in [-0.3, -0.25) is 14.5 Å². The average Bonchev–Trinajstić information content (AvgIpc) is 2.25. The lowest BCUT2D eigenvalue weighted by atomic mass is 9.87. The molecule has 20 heavy (non-hydrogen) atoms. The van der Waals surface area contributed by atoms with E-state index in [4.69, 9.17) is 20.7 Å². The van der Waals surface area contributed by atoms with E-state index in [1.165, 1.54) is 0 Å². The second-order valence-electron chi connectivity index (χ2n) is 5.84. The van der Waals surface area contributed by atoms with Crippen molar-refractivity contribution in [2.75, 3.05) is 6.54 Å². The second-order valence-corrected chi connectivity index (χ2v) is 5.84. The number of carboxylic acids is 1. The molecule has 0 aliphatic carbocycles. The Kier molecular flexibility index (Phi) is 4.59. The van der Waals surface area contributed by atoms with Gasteiger partial charge in [0.2, 0.25) is 0 Å². The first-order valence-electron chi connectivity index (χ1n) is 6.23. The predicted molar refractivity (Wildman–Crippen MR) is 67.8 cm³/mol. The molecule has 114 valence electrons. The van der Waals surface area contributed by atoms with Gasteiger partial charge >= 0.3 is 18.0 Å². The summed E-state index contributed by atoms with van der Waals surface area (Å²) in [5.74, 6) is -3.79. The van der Waals surface area contributed by atoms with Crippen molar-refractivity contribution >= 4 is 18.0 Å². The summed E-state index contributed by atoms with van der Waals surface area (Å²) in [5.41, 5.74) is 4.91. The SMILES string of the molecule is CC(C)(C)OC(=O)[C@@H]1C[C@H](C(=O)O)C(N)N(C(=O)O)C1. The molecule has 1 aliphatic heterocycles. The summed E-state index contributed by atoms with van der Waals surface area (Å²) >= 11 is 0. The fraction of sp³-hybridized carbons (Fsp3) is 0.750. The van der Waals surface area contributed by atoms with Gasteiger partial charge in [-0.1, -0.05) is 0 Å². The molecule has 8 heteroatoms. The third-order valence-corrected chi connectivity index (χ3v) is 3.03. The number of carbonyl (C=O) groups is 3. The maximum absolute atomic E-state index is 12.0. The quantitative estimate of drug-likeness (QED) is 0.623. The van der Waals surface area contributed by atoms with Crippen LogP contribution < -0.4 is 5.73 Å². The van der Waals surface area contributed by atoms with Gasteiger partial charge < -0.3 is 20.7 Å². The van der Waals surface area contributed by atoms with Crippen molar-refractivity contribution in [1.82, 2.24) is 4.90 Å². The fourth-order valence-electron chi connectivity index (χ4n) is 2.11. The van der Waals surface area contributed by atoms with Crippen LogP contribution in [0, 0.1) is 11.8 Å². The molecule has 0 spiro atoms. The summed E-state index contributed by atoms with van der Waals surface area (Å²) in [7, 11) is 0. The summed E-state index contributed by atoms with van der Waals surface area (Å²) in [4.78, 5) is 35.0. The Labute approximate surface area is 116 Å². The number of amides is 1. The highest BCUT2D eigenvalue weighted by Gasteiger charge is 2.43. The van der Waals surface area contributed by atoms with Gasteiger partial charge in [0.1, 0.15) is 5.60 Å². The molecule has 1 unspecified atom stereocenters. The van der Waals surface area contributed by atoms with Gasteiger partial charge in [-0.2, -0.15) is 0 Å². The van der Waals surface area contributed by atoms with Crippen LogP contribution in [0.1, 0.15) is 27.2 Å². The van der Waals surface area contributed by atoms with E-state index in [2.05, 4.69) is 0 Å². The molecular weight excluding hydrogens is 268 g/mol. The minimum Gasteiger partial charge on any atom is -0.481 e. The molecule has 4 N–H and O–H groups in total. The summed E-state index contributed by atoms with van der Waals surface area (Å²) in [5, 5.41) is 18.1. The van der Waals surface area contributed by atoms with Crippen molar-refractivity contribution in [3.8, 4) is 0 Å². The third kappa shape index (κ3) is 3.83. The summed E-state index contributed by atoms with van der Waals surface area (Å²) in [6.45, 7) is 4.89. The van der Waals surface area contributed by atoms with E-state index >= 15 is 0 Å². The number of esters is 1. The van der Waals surface area contributed by atoms with Crippen LogP contribution >= 0.6 is 0 Å². The first-order valence-corrected chi connectivity index (χ1v) is 6.23. The van der Waals surface area contributed by atoms with Crippen molar-refractivity contribution in [2.24, 2.45) is 17.6 Å². The lowest BCUT2D eigenvalue weighted by molar-refractivity contribution is -0.164. The van der Waals surface area contributed by atoms with Crippen LogP contribution in [0.2, 0.25) is 0 Å². The highest BCUT2D eigenvalue weighted by Crippen LogP contribution is 2.27. The van der Waals surface area contributed by atoms with E-state index in [-0.39, 0.29) is 13.0 Å². The highest BCUT2D eigenvalue weighted by molar-refractivity contribution is 5.78. The Morgan fingerprint density at radius 1 is 1.25 bits per heavy atom. The number of rotatable bonds is 2. The molecule has 0 aromatic rings. The molecule has 1 aliphatic rings. The molecule has 0 aromatic heterocycles. The van der Waals surface area contributed by atoms with Gasteiger partial charge in [-0.15, -0.1) is 0 Å². The summed E-state index contributed by atoms with van der Waals surface area (Å²) in [6, 6.07) is 0. The fourth-order valence-corrected chi connectivity index (χ4v) is 2.11. The number of carbonyl (C=O) groups excluding carboxylic acids is 1. The number of nitrogens with two attached hydrogens (primary N) is 1. The molecule has 0 saturated carbocycles. The average molecular weight is 288 g/mol. The number of hydrogen-bond acceptors (Lipinski definition) is 5. The summed E-state index contributed by atoms with van der Waals surface area (Å²) < 4.78 is 5.18.